The third-order valence-electron chi connectivity index (χ3n) is 8.04. The van der Waals surface area contributed by atoms with Gasteiger partial charge in [-0.25, -0.2) is 4.98 Å². The molecule has 3 N–H and O–H groups in total. The molecule has 1 aliphatic heterocycles. The molecule has 10 heteroatoms. The highest BCUT2D eigenvalue weighted by Gasteiger charge is 2.56. The van der Waals surface area contributed by atoms with E-state index in [2.05, 4.69) is 31.8 Å². The van der Waals surface area contributed by atoms with E-state index in [-0.39, 0.29) is 11.4 Å². The molecule has 0 saturated carbocycles. The van der Waals surface area contributed by atoms with Gasteiger partial charge in [0, 0.05) is 68.4 Å². The lowest BCUT2D eigenvalue weighted by Crippen LogP contribution is -2.50. The fraction of sp³-hybridized carbons (Fsp3) is 0.419. The molecular weight excluding hydrogens is 531 g/mol. The zero-order valence-corrected chi connectivity index (χ0v) is 23.5. The number of rotatable bonds is 8. The van der Waals surface area contributed by atoms with Gasteiger partial charge in [-0.05, 0) is 60.8 Å². The summed E-state index contributed by atoms with van der Waals surface area (Å²) < 4.78 is 43.6. The molecule has 0 bridgehead atoms. The molecule has 0 aliphatic carbocycles. The van der Waals surface area contributed by atoms with Crippen molar-refractivity contribution in [1.29, 1.82) is 0 Å². The van der Waals surface area contributed by atoms with Crippen molar-refractivity contribution in [3.05, 3.63) is 77.9 Å². The Kier molecular flexibility index (Phi) is 7.84. The summed E-state index contributed by atoms with van der Waals surface area (Å²) in [6.45, 7) is 7.70. The van der Waals surface area contributed by atoms with Crippen LogP contribution in [0.1, 0.15) is 37.2 Å². The predicted molar refractivity (Wildman–Crippen MR) is 153 cm³/mol. The van der Waals surface area contributed by atoms with Crippen molar-refractivity contribution in [1.82, 2.24) is 24.8 Å². The van der Waals surface area contributed by atoms with Crippen LogP contribution in [-0.2, 0) is 18.4 Å². The van der Waals surface area contributed by atoms with Gasteiger partial charge < -0.3 is 20.1 Å². The topological polar surface area (TPSA) is 88.5 Å². The van der Waals surface area contributed by atoms with Crippen molar-refractivity contribution in [2.45, 2.75) is 50.4 Å². The lowest BCUT2D eigenvalue weighted by molar-refractivity contribution is -0.266. The first-order valence-corrected chi connectivity index (χ1v) is 13.7. The number of piperazine rings is 1. The van der Waals surface area contributed by atoms with Gasteiger partial charge >= 0.3 is 6.18 Å². The fourth-order valence-electron chi connectivity index (χ4n) is 5.72. The number of aromatic amines is 1. The smallest absolute Gasteiger partial charge is 0.417 e. The van der Waals surface area contributed by atoms with E-state index in [9.17, 15) is 23.4 Å². The van der Waals surface area contributed by atoms with Crippen LogP contribution in [0.5, 0.6) is 5.75 Å². The molecule has 1 aromatic carbocycles. The van der Waals surface area contributed by atoms with Crippen LogP contribution in [0, 0.1) is 0 Å². The standard InChI is InChI=1S/C31H36F3N5O2/c1-29(2,25-15-21(6-9-28(25)40)22-5-4-10-35-18-22)20-30(41,31(32,33)34)17-24-16-27-26(37-24)8-7-23(36-27)19-39-13-11-38(3)12-14-39/h4-10,15-16,18,37,40-41H,11-14,17,19-20H2,1-3H3. The van der Waals surface area contributed by atoms with Crippen molar-refractivity contribution in [2.24, 2.45) is 0 Å². The molecule has 1 aliphatic rings. The van der Waals surface area contributed by atoms with Crippen molar-refractivity contribution in [3.63, 3.8) is 0 Å². The Morgan fingerprint density at radius 1 is 0.976 bits per heavy atom. The van der Waals surface area contributed by atoms with Crippen molar-refractivity contribution >= 4 is 11.0 Å². The van der Waals surface area contributed by atoms with Crippen LogP contribution >= 0.6 is 0 Å². The van der Waals surface area contributed by atoms with Crippen molar-refractivity contribution < 1.29 is 23.4 Å². The van der Waals surface area contributed by atoms with Crippen LogP contribution in [0.25, 0.3) is 22.2 Å². The highest BCUT2D eigenvalue weighted by Crippen LogP contribution is 2.45. The Labute approximate surface area is 237 Å². The molecule has 41 heavy (non-hydrogen) atoms. The molecular formula is C31H36F3N5O2. The number of aromatic nitrogens is 3. The van der Waals surface area contributed by atoms with E-state index in [4.69, 9.17) is 0 Å². The first kappa shape index (κ1) is 29.0. The van der Waals surface area contributed by atoms with Crippen LogP contribution in [0.2, 0.25) is 0 Å². The summed E-state index contributed by atoms with van der Waals surface area (Å²) >= 11 is 0. The SMILES string of the molecule is CN1CCN(Cc2ccc3[nH]c(CC(O)(CC(C)(C)c4cc(-c5cccnc5)ccc4O)C(F)(F)F)cc3n2)CC1. The van der Waals surface area contributed by atoms with Crippen LogP contribution < -0.4 is 0 Å². The zero-order valence-electron chi connectivity index (χ0n) is 23.5. The second-order valence-electron chi connectivity index (χ2n) is 11.8. The summed E-state index contributed by atoms with van der Waals surface area (Å²) in [6, 6.07) is 13.7. The van der Waals surface area contributed by atoms with Gasteiger partial charge in [0.2, 0.25) is 0 Å². The third kappa shape index (κ3) is 6.39. The summed E-state index contributed by atoms with van der Waals surface area (Å²) in [5, 5.41) is 21.9. The number of nitrogens with zero attached hydrogens (tertiary/aromatic N) is 4. The number of likely N-dealkylation sites (N-methyl/N-ethyl adjacent to an activating group) is 1. The maximum absolute atomic E-state index is 14.5. The molecule has 218 valence electrons. The van der Waals surface area contributed by atoms with Gasteiger partial charge in [0.15, 0.2) is 5.60 Å². The van der Waals surface area contributed by atoms with Crippen molar-refractivity contribution in [3.8, 4) is 16.9 Å². The monoisotopic (exact) mass is 567 g/mol. The van der Waals surface area contributed by atoms with Crippen LogP contribution in [-0.4, -0.2) is 80.0 Å². The van der Waals surface area contributed by atoms with Gasteiger partial charge in [-0.15, -0.1) is 0 Å². The minimum absolute atomic E-state index is 0.130. The molecule has 4 heterocycles. The number of phenols is 1. The molecule has 4 aromatic rings. The fourth-order valence-corrected chi connectivity index (χ4v) is 5.72. The predicted octanol–water partition coefficient (Wildman–Crippen LogP) is 5.28. The minimum Gasteiger partial charge on any atom is -0.508 e. The number of pyridine rings is 2. The molecule has 0 amide bonds. The van der Waals surface area contributed by atoms with Gasteiger partial charge in [0.25, 0.3) is 0 Å². The highest BCUT2D eigenvalue weighted by atomic mass is 19.4. The molecule has 7 nitrogen and oxygen atoms in total. The molecule has 1 fully saturated rings. The number of halogens is 3. The number of aliphatic hydroxyl groups is 1. The van der Waals surface area contributed by atoms with E-state index in [0.29, 0.717) is 28.7 Å². The number of nitrogens with one attached hydrogen (secondary N) is 1. The summed E-state index contributed by atoms with van der Waals surface area (Å²) in [5.41, 5.74) is -0.212. The lowest BCUT2D eigenvalue weighted by Gasteiger charge is -2.38. The van der Waals surface area contributed by atoms with E-state index in [1.807, 2.05) is 18.2 Å². The number of hydrogen-bond acceptors (Lipinski definition) is 6. The molecule has 5 rings (SSSR count). The molecule has 3 aromatic heterocycles. The Morgan fingerprint density at radius 2 is 1.73 bits per heavy atom. The number of fused-ring (bicyclic) bond motifs is 1. The van der Waals surface area contributed by atoms with E-state index in [1.54, 1.807) is 50.5 Å². The Hall–Kier alpha value is -3.47. The molecule has 0 spiro atoms. The number of hydrogen-bond donors (Lipinski definition) is 3. The normalized spacial score (nSPS) is 17.1. The summed E-state index contributed by atoms with van der Waals surface area (Å²) in [4.78, 5) is 16.4. The Morgan fingerprint density at radius 3 is 2.41 bits per heavy atom. The van der Waals surface area contributed by atoms with E-state index in [0.717, 1.165) is 37.4 Å². The van der Waals surface area contributed by atoms with Gasteiger partial charge in [-0.2, -0.15) is 13.2 Å². The first-order chi connectivity index (χ1) is 19.3. The summed E-state index contributed by atoms with van der Waals surface area (Å²) in [6.07, 6.45) is -2.97. The quantitative estimate of drug-likeness (QED) is 0.269. The molecule has 1 unspecified atom stereocenters. The highest BCUT2D eigenvalue weighted by molar-refractivity contribution is 5.76. The van der Waals surface area contributed by atoms with E-state index in [1.165, 1.54) is 6.07 Å². The van der Waals surface area contributed by atoms with E-state index < -0.39 is 30.0 Å². The summed E-state index contributed by atoms with van der Waals surface area (Å²) in [5.74, 6) is -0.130. The minimum atomic E-state index is -4.92. The van der Waals surface area contributed by atoms with Gasteiger partial charge in [0.1, 0.15) is 5.75 Å². The third-order valence-corrected chi connectivity index (χ3v) is 8.04. The van der Waals surface area contributed by atoms with E-state index >= 15 is 0 Å². The number of aromatic hydroxyl groups is 1. The van der Waals surface area contributed by atoms with Crippen LogP contribution in [0.4, 0.5) is 13.2 Å². The second-order valence-corrected chi connectivity index (χ2v) is 11.8. The number of benzene rings is 1. The molecule has 1 saturated heterocycles. The average molecular weight is 568 g/mol. The van der Waals surface area contributed by atoms with Crippen LogP contribution in [0.3, 0.4) is 0 Å². The first-order valence-electron chi connectivity index (χ1n) is 13.7. The maximum atomic E-state index is 14.5. The maximum Gasteiger partial charge on any atom is 0.417 e. The van der Waals surface area contributed by atoms with Crippen LogP contribution in [0.15, 0.2) is 60.9 Å². The number of H-pyrrole nitrogens is 1. The average Bonchev–Trinajstić information content (AvgIpc) is 3.31. The zero-order chi connectivity index (χ0) is 29.4. The van der Waals surface area contributed by atoms with Gasteiger partial charge in [-0.1, -0.05) is 26.0 Å². The largest absolute Gasteiger partial charge is 0.508 e. The second kappa shape index (κ2) is 11.1. The van der Waals surface area contributed by atoms with Gasteiger partial charge in [0.05, 0.1) is 16.7 Å². The lowest BCUT2D eigenvalue weighted by atomic mass is 9.72. The summed E-state index contributed by atoms with van der Waals surface area (Å²) in [7, 11) is 2.09. The Balaban J connectivity index is 1.39. The Bertz CT molecular complexity index is 1500. The molecule has 1 atom stereocenters. The molecule has 0 radical (unpaired) electrons. The van der Waals surface area contributed by atoms with Gasteiger partial charge in [-0.3, -0.25) is 9.88 Å². The number of phenolic OH excluding ortho intramolecular Hbond substituents is 1. The van der Waals surface area contributed by atoms with Crippen molar-refractivity contribution in [2.75, 3.05) is 33.2 Å². The number of alkyl halides is 3.